The molecular formula is C25H25Br. The van der Waals surface area contributed by atoms with E-state index >= 15 is 0 Å². The zero-order valence-electron chi connectivity index (χ0n) is 15.6. The number of fused-ring (bicyclic) bond motifs is 1. The summed E-state index contributed by atoms with van der Waals surface area (Å²) in [7, 11) is 0. The molecule has 0 aliphatic carbocycles. The number of hydrogen-bond donors (Lipinski definition) is 0. The van der Waals surface area contributed by atoms with Crippen LogP contribution in [0.3, 0.4) is 0 Å². The predicted octanol–water partition coefficient (Wildman–Crippen LogP) is 6.20. The van der Waals surface area contributed by atoms with E-state index < -0.39 is 0 Å². The van der Waals surface area contributed by atoms with Crippen molar-refractivity contribution in [1.82, 2.24) is 0 Å². The van der Waals surface area contributed by atoms with Gasteiger partial charge in [-0.05, 0) is 69.0 Å². The second-order valence-electron chi connectivity index (χ2n) is 6.11. The van der Waals surface area contributed by atoms with E-state index in [1.54, 1.807) is 6.08 Å². The summed E-state index contributed by atoms with van der Waals surface area (Å²) in [4.78, 5) is 0. The maximum absolute atomic E-state index is 4.40. The molecule has 0 aliphatic rings. The van der Waals surface area contributed by atoms with Gasteiger partial charge in [-0.15, -0.1) is 0 Å². The normalized spacial score (nSPS) is 12.7. The lowest BCUT2D eigenvalue weighted by Crippen LogP contribution is -2.29. The van der Waals surface area contributed by atoms with Gasteiger partial charge in [0.05, 0.1) is 0 Å². The van der Waals surface area contributed by atoms with Crippen molar-refractivity contribution in [3.63, 3.8) is 0 Å². The lowest BCUT2D eigenvalue weighted by atomic mass is 9.92. The molecule has 0 unspecified atom stereocenters. The molecule has 0 spiro atoms. The van der Waals surface area contributed by atoms with Gasteiger partial charge in [-0.2, -0.15) is 0 Å². The minimum absolute atomic E-state index is 0.843. The first kappa shape index (κ1) is 19.9. The molecule has 1 heteroatoms. The molecule has 0 radical (unpaired) electrons. The number of rotatable bonds is 6. The zero-order valence-corrected chi connectivity index (χ0v) is 17.2. The van der Waals surface area contributed by atoms with E-state index in [0.717, 1.165) is 32.5 Å². The van der Waals surface area contributed by atoms with Gasteiger partial charge in [0.15, 0.2) is 0 Å². The fourth-order valence-electron chi connectivity index (χ4n) is 3.11. The van der Waals surface area contributed by atoms with Crippen LogP contribution in [-0.2, 0) is 6.42 Å². The van der Waals surface area contributed by atoms with Gasteiger partial charge < -0.3 is 0 Å². The number of allylic oxidation sites excluding steroid dienone is 6. The molecule has 0 aromatic heterocycles. The monoisotopic (exact) mass is 404 g/mol. The molecule has 132 valence electrons. The Balaban J connectivity index is 2.84. The second-order valence-corrected chi connectivity index (χ2v) is 7.03. The van der Waals surface area contributed by atoms with Crippen LogP contribution in [0, 0.1) is 0 Å². The Morgan fingerprint density at radius 2 is 1.77 bits per heavy atom. The fraction of sp³-hybridized carbons (Fsp3) is 0.120. The summed E-state index contributed by atoms with van der Waals surface area (Å²) in [5.41, 5.74) is 4.23. The Bertz CT molecular complexity index is 1050. The van der Waals surface area contributed by atoms with Crippen molar-refractivity contribution in [1.29, 1.82) is 0 Å². The van der Waals surface area contributed by atoms with Crippen LogP contribution in [0.2, 0.25) is 0 Å². The van der Waals surface area contributed by atoms with Crippen molar-refractivity contribution in [3.05, 3.63) is 99.4 Å². The third-order valence-corrected chi connectivity index (χ3v) is 5.00. The van der Waals surface area contributed by atoms with Crippen LogP contribution in [0.5, 0.6) is 0 Å². The standard InChI is InChI=1S/C25H25Br/c1-7-12-22-21(9-3)19(6)25(24-14-11-10-13-23(22)24)16-18(5)17(4)15-20(26)8-2/h7-8,10-16H,2,4-6,9H2,1,3H3/b12-7-,20-15+,25-16+. The van der Waals surface area contributed by atoms with E-state index in [1.807, 2.05) is 13.0 Å². The van der Waals surface area contributed by atoms with Crippen LogP contribution >= 0.6 is 15.9 Å². The Morgan fingerprint density at radius 1 is 1.12 bits per heavy atom. The van der Waals surface area contributed by atoms with Crippen molar-refractivity contribution in [2.45, 2.75) is 20.3 Å². The van der Waals surface area contributed by atoms with Crippen molar-refractivity contribution in [2.75, 3.05) is 0 Å². The fourth-order valence-corrected chi connectivity index (χ4v) is 3.39. The third-order valence-electron chi connectivity index (χ3n) is 4.45. The summed E-state index contributed by atoms with van der Waals surface area (Å²) in [6, 6.07) is 8.47. The third kappa shape index (κ3) is 4.05. The van der Waals surface area contributed by atoms with Crippen LogP contribution in [0.15, 0.2) is 77.9 Å². The van der Waals surface area contributed by atoms with Crippen molar-refractivity contribution in [2.24, 2.45) is 0 Å². The minimum Gasteiger partial charge on any atom is -0.0979 e. The van der Waals surface area contributed by atoms with E-state index in [4.69, 9.17) is 0 Å². The molecule has 0 bridgehead atoms. The first-order valence-corrected chi connectivity index (χ1v) is 9.48. The summed E-state index contributed by atoms with van der Waals surface area (Å²) in [5, 5.41) is 4.59. The topological polar surface area (TPSA) is 0 Å². The van der Waals surface area contributed by atoms with Gasteiger partial charge in [0, 0.05) is 4.48 Å². The van der Waals surface area contributed by atoms with Gasteiger partial charge in [0.1, 0.15) is 0 Å². The van der Waals surface area contributed by atoms with Gasteiger partial charge in [-0.3, -0.25) is 0 Å². The Hall–Kier alpha value is -2.38. The van der Waals surface area contributed by atoms with E-state index in [-0.39, 0.29) is 0 Å². The number of benzene rings is 2. The molecule has 0 saturated carbocycles. The Morgan fingerprint density at radius 3 is 2.35 bits per heavy atom. The summed E-state index contributed by atoms with van der Waals surface area (Å²) < 4.78 is 0.884. The molecule has 2 aromatic carbocycles. The van der Waals surface area contributed by atoms with Gasteiger partial charge in [0.25, 0.3) is 0 Å². The highest BCUT2D eigenvalue weighted by Crippen LogP contribution is 2.21. The summed E-state index contributed by atoms with van der Waals surface area (Å²) in [6.45, 7) is 20.7. The van der Waals surface area contributed by atoms with E-state index in [1.165, 1.54) is 21.9 Å². The highest BCUT2D eigenvalue weighted by molar-refractivity contribution is 9.11. The molecule has 0 atom stereocenters. The summed E-state index contributed by atoms with van der Waals surface area (Å²) >= 11 is 3.44. The smallest absolute Gasteiger partial charge is 0.0175 e. The predicted molar refractivity (Wildman–Crippen MR) is 123 cm³/mol. The molecule has 0 amide bonds. The molecule has 0 N–H and O–H groups in total. The lowest BCUT2D eigenvalue weighted by molar-refractivity contribution is 1.12. The number of hydrogen-bond acceptors (Lipinski definition) is 0. The molecule has 0 saturated heterocycles. The van der Waals surface area contributed by atoms with Gasteiger partial charge in [-0.1, -0.05) is 91.7 Å². The lowest BCUT2D eigenvalue weighted by Gasteiger charge is -2.12. The molecule has 2 rings (SSSR count). The maximum atomic E-state index is 4.40. The van der Waals surface area contributed by atoms with Gasteiger partial charge >= 0.3 is 0 Å². The van der Waals surface area contributed by atoms with Gasteiger partial charge in [0.2, 0.25) is 0 Å². The van der Waals surface area contributed by atoms with Crippen LogP contribution in [0.4, 0.5) is 0 Å². The minimum atomic E-state index is 0.843. The number of halogens is 1. The average Bonchev–Trinajstić information content (AvgIpc) is 2.64. The quantitative estimate of drug-likeness (QED) is 0.502. The first-order valence-electron chi connectivity index (χ1n) is 8.69. The van der Waals surface area contributed by atoms with Crippen LogP contribution in [-0.4, -0.2) is 0 Å². The summed E-state index contributed by atoms with van der Waals surface area (Å²) in [6.07, 6.45) is 10.9. The molecule has 26 heavy (non-hydrogen) atoms. The van der Waals surface area contributed by atoms with Crippen LogP contribution in [0.1, 0.15) is 25.0 Å². The summed E-state index contributed by atoms with van der Waals surface area (Å²) in [5.74, 6) is 0. The van der Waals surface area contributed by atoms with E-state index in [2.05, 4.69) is 91.7 Å². The largest absolute Gasteiger partial charge is 0.0979 e. The van der Waals surface area contributed by atoms with Gasteiger partial charge in [-0.25, -0.2) is 0 Å². The van der Waals surface area contributed by atoms with Crippen molar-refractivity contribution >= 4 is 45.4 Å². The maximum Gasteiger partial charge on any atom is 0.0175 e. The average molecular weight is 405 g/mol. The Kier molecular flexibility index (Phi) is 6.76. The molecule has 0 heterocycles. The van der Waals surface area contributed by atoms with E-state index in [9.17, 15) is 0 Å². The van der Waals surface area contributed by atoms with Crippen molar-refractivity contribution in [3.8, 4) is 0 Å². The van der Waals surface area contributed by atoms with Crippen molar-refractivity contribution < 1.29 is 0 Å². The SMILES string of the molecule is C=C/C(Br)=C\C(=C)C(=C)/C=c1\c(=C)c(CC)c(/C=C\C)c2ccccc12. The first-order chi connectivity index (χ1) is 12.4. The molecule has 0 nitrogen and oxygen atoms in total. The molecule has 0 fully saturated rings. The van der Waals surface area contributed by atoms with Crippen LogP contribution < -0.4 is 10.4 Å². The molecule has 2 aromatic rings. The molecular weight excluding hydrogens is 380 g/mol. The Labute approximate surface area is 165 Å². The van der Waals surface area contributed by atoms with Crippen LogP contribution in [0.25, 0.3) is 29.5 Å². The second kappa shape index (κ2) is 8.82. The zero-order chi connectivity index (χ0) is 19.3. The highest BCUT2D eigenvalue weighted by atomic mass is 79.9. The van der Waals surface area contributed by atoms with E-state index in [0.29, 0.717) is 0 Å². The highest BCUT2D eigenvalue weighted by Gasteiger charge is 2.08. The molecule has 0 aliphatic heterocycles.